The second-order valence-corrected chi connectivity index (χ2v) is 13.4. The van der Waals surface area contributed by atoms with Crippen LogP contribution in [0, 0.1) is 13.8 Å². The quantitative estimate of drug-likeness (QED) is 0.0588. The van der Waals surface area contributed by atoms with E-state index in [4.69, 9.17) is 4.74 Å². The number of phenolic OH excluding ortho intramolecular Hbond substituents is 1. The van der Waals surface area contributed by atoms with Gasteiger partial charge in [-0.2, -0.15) is 0 Å². The molecule has 2 heterocycles. The minimum absolute atomic E-state index is 0.0940. The lowest BCUT2D eigenvalue weighted by molar-refractivity contribution is -0.132. The Labute approximate surface area is 270 Å². The molecular weight excluding hydrogens is 662 g/mol. The van der Waals surface area contributed by atoms with Crippen LogP contribution in [0.15, 0.2) is 87.2 Å². The van der Waals surface area contributed by atoms with Gasteiger partial charge in [0, 0.05) is 11.3 Å². The summed E-state index contributed by atoms with van der Waals surface area (Å²) in [5.74, 6) is -1.35. The Bertz CT molecular complexity index is 1980. The average Bonchev–Trinajstić information content (AvgIpc) is 3.59. The van der Waals surface area contributed by atoms with E-state index in [0.29, 0.717) is 25.7 Å². The number of aliphatic hydroxyl groups excluding tert-OH is 1. The predicted molar refractivity (Wildman–Crippen MR) is 176 cm³/mol. The molecule has 6 rings (SSSR count). The third-order valence-electron chi connectivity index (χ3n) is 7.51. The van der Waals surface area contributed by atoms with E-state index in [1.165, 1.54) is 41.2 Å². The van der Waals surface area contributed by atoms with E-state index in [1.807, 2.05) is 44.2 Å². The van der Waals surface area contributed by atoms with Crippen LogP contribution >= 0.6 is 39.0 Å². The van der Waals surface area contributed by atoms with Crippen LogP contribution in [-0.2, 0) is 15.3 Å². The minimum Gasteiger partial charge on any atom is -0.507 e. The van der Waals surface area contributed by atoms with Gasteiger partial charge in [0.05, 0.1) is 23.2 Å². The minimum atomic E-state index is -1.07. The molecule has 44 heavy (non-hydrogen) atoms. The Morgan fingerprint density at radius 2 is 1.82 bits per heavy atom. The fourth-order valence-electron chi connectivity index (χ4n) is 5.30. The molecule has 1 aliphatic heterocycles. The molecule has 2 N–H and O–H groups in total. The number of aromatic hydroxyl groups is 1. The third kappa shape index (κ3) is 5.36. The molecule has 1 unspecified atom stereocenters. The number of phenols is 1. The zero-order valence-corrected chi connectivity index (χ0v) is 27.1. The van der Waals surface area contributed by atoms with Gasteiger partial charge in [0.25, 0.3) is 5.78 Å². The largest absolute Gasteiger partial charge is 0.507 e. The van der Waals surface area contributed by atoms with Gasteiger partial charge in [-0.1, -0.05) is 83.3 Å². The third-order valence-corrected chi connectivity index (χ3v) is 10.2. The number of aryl methyl sites for hydroxylation is 2. The number of ether oxygens (including phenoxy) is 1. The number of rotatable bonds is 7. The zero-order chi connectivity index (χ0) is 31.1. The van der Waals surface area contributed by atoms with Gasteiger partial charge in [-0.05, 0) is 75.4 Å². The van der Waals surface area contributed by atoms with Crippen molar-refractivity contribution in [2.75, 3.05) is 12.0 Å². The van der Waals surface area contributed by atoms with Crippen molar-refractivity contribution in [1.82, 2.24) is 10.2 Å². The summed E-state index contributed by atoms with van der Waals surface area (Å²) < 4.78 is 6.29. The van der Waals surface area contributed by atoms with Gasteiger partial charge in [-0.25, -0.2) is 0 Å². The highest BCUT2D eigenvalue weighted by molar-refractivity contribution is 9.10. The van der Waals surface area contributed by atoms with Crippen molar-refractivity contribution in [1.29, 1.82) is 0 Å². The van der Waals surface area contributed by atoms with Gasteiger partial charge in [-0.15, -0.1) is 10.2 Å². The van der Waals surface area contributed by atoms with Crippen LogP contribution in [0.2, 0.25) is 0 Å². The average molecular weight is 689 g/mol. The summed E-state index contributed by atoms with van der Waals surface area (Å²) >= 11 is 6.03. The molecule has 1 saturated heterocycles. The molecule has 11 heteroatoms. The van der Waals surface area contributed by atoms with Crippen molar-refractivity contribution in [3.63, 3.8) is 0 Å². The van der Waals surface area contributed by atoms with Gasteiger partial charge >= 0.3 is 5.91 Å². The molecule has 0 saturated carbocycles. The first-order valence-corrected chi connectivity index (χ1v) is 16.2. The van der Waals surface area contributed by atoms with Crippen molar-refractivity contribution >= 4 is 72.4 Å². The molecule has 5 aromatic rings. The van der Waals surface area contributed by atoms with Gasteiger partial charge < -0.3 is 14.9 Å². The molecule has 1 fully saturated rings. The zero-order valence-electron chi connectivity index (χ0n) is 23.9. The normalized spacial score (nSPS) is 16.2. The topological polar surface area (TPSA) is 113 Å². The number of fused-ring (bicyclic) bond motifs is 1. The van der Waals surface area contributed by atoms with E-state index in [2.05, 4.69) is 50.4 Å². The summed E-state index contributed by atoms with van der Waals surface area (Å²) in [7, 11) is 1.41. The van der Waals surface area contributed by atoms with Gasteiger partial charge in [0.1, 0.15) is 5.76 Å². The molecule has 1 aromatic heterocycles. The summed E-state index contributed by atoms with van der Waals surface area (Å²) in [6, 6.07) is 21.9. The number of methoxy groups -OCH3 is 1. The van der Waals surface area contributed by atoms with E-state index in [-0.39, 0.29) is 28.0 Å². The Morgan fingerprint density at radius 1 is 1.05 bits per heavy atom. The number of hydrogen-bond donors (Lipinski definition) is 2. The lowest BCUT2D eigenvalue weighted by Crippen LogP contribution is -2.29. The number of aromatic nitrogens is 2. The lowest BCUT2D eigenvalue weighted by Gasteiger charge is -2.23. The SMILES string of the molecule is COc1cc(C2C(=C(O)c3cc(C)ccc3C)C(=O)C(=O)N2c2nnc(SCc3cccc4ccccc34)s2)cc(Br)c1O. The smallest absolute Gasteiger partial charge is 0.301 e. The molecule has 1 atom stereocenters. The van der Waals surface area contributed by atoms with Crippen LogP contribution in [0.5, 0.6) is 11.5 Å². The van der Waals surface area contributed by atoms with Crippen molar-refractivity contribution in [2.24, 2.45) is 0 Å². The Hall–Kier alpha value is -4.19. The monoisotopic (exact) mass is 687 g/mol. The maximum atomic E-state index is 13.7. The molecular formula is C33H26BrN3O5S2. The van der Waals surface area contributed by atoms with Gasteiger partial charge in [-0.3, -0.25) is 14.5 Å². The maximum absolute atomic E-state index is 13.7. The Kier molecular flexibility index (Phi) is 8.19. The van der Waals surface area contributed by atoms with E-state index in [9.17, 15) is 19.8 Å². The first-order chi connectivity index (χ1) is 21.2. The fraction of sp³-hybridized carbons (Fsp3) is 0.152. The molecule has 0 bridgehead atoms. The van der Waals surface area contributed by atoms with Crippen LogP contribution in [0.3, 0.4) is 0 Å². The molecule has 8 nitrogen and oxygen atoms in total. The number of carbonyl (C=O) groups is 2. The number of nitrogens with zero attached hydrogens (tertiary/aromatic N) is 3. The predicted octanol–water partition coefficient (Wildman–Crippen LogP) is 7.70. The van der Waals surface area contributed by atoms with Crippen LogP contribution in [-0.4, -0.2) is 39.2 Å². The summed E-state index contributed by atoms with van der Waals surface area (Å²) in [5, 5.41) is 33.3. The number of aliphatic hydroxyl groups is 1. The van der Waals surface area contributed by atoms with Crippen molar-refractivity contribution in [3.05, 3.63) is 111 Å². The first-order valence-electron chi connectivity index (χ1n) is 13.6. The lowest BCUT2D eigenvalue weighted by atomic mass is 9.93. The van der Waals surface area contributed by atoms with E-state index >= 15 is 0 Å². The number of Topliss-reactive ketones (excluding diaryl/α,β-unsaturated/α-hetero) is 1. The standard InChI is InChI=1S/C33H26BrN3O5S2/c1-17-11-12-18(2)23(13-17)28(38)26-27(21-14-24(34)29(39)25(15-21)42-3)37(31(41)30(26)40)32-35-36-33(44-32)43-16-20-9-6-8-19-7-4-5-10-22(19)20/h4-15,27,38-39H,16H2,1-3H3. The molecule has 0 spiro atoms. The highest BCUT2D eigenvalue weighted by Crippen LogP contribution is 2.47. The van der Waals surface area contributed by atoms with Gasteiger partial charge in [0.15, 0.2) is 15.8 Å². The number of halogens is 1. The number of anilines is 1. The molecule has 4 aromatic carbocycles. The number of thioether (sulfide) groups is 1. The van der Waals surface area contributed by atoms with E-state index in [0.717, 1.165) is 27.5 Å². The van der Waals surface area contributed by atoms with Crippen molar-refractivity contribution in [3.8, 4) is 11.5 Å². The van der Waals surface area contributed by atoms with Crippen LogP contribution in [0.25, 0.3) is 16.5 Å². The van der Waals surface area contributed by atoms with E-state index < -0.39 is 17.7 Å². The van der Waals surface area contributed by atoms with Crippen LogP contribution in [0.4, 0.5) is 5.13 Å². The summed E-state index contributed by atoms with van der Waals surface area (Å²) in [6.07, 6.45) is 0. The van der Waals surface area contributed by atoms with Crippen molar-refractivity contribution < 1.29 is 24.5 Å². The molecule has 1 aliphatic rings. The van der Waals surface area contributed by atoms with E-state index in [1.54, 1.807) is 12.1 Å². The summed E-state index contributed by atoms with van der Waals surface area (Å²) in [6.45, 7) is 3.71. The van der Waals surface area contributed by atoms with Crippen LogP contribution < -0.4 is 9.64 Å². The molecule has 222 valence electrons. The second kappa shape index (κ2) is 12.1. The molecule has 0 radical (unpaired) electrons. The number of hydrogen-bond acceptors (Lipinski definition) is 9. The fourth-order valence-corrected chi connectivity index (χ4v) is 7.64. The Morgan fingerprint density at radius 3 is 2.61 bits per heavy atom. The Balaban J connectivity index is 1.43. The second-order valence-electron chi connectivity index (χ2n) is 10.3. The van der Waals surface area contributed by atoms with Crippen molar-refractivity contribution in [2.45, 2.75) is 30.0 Å². The molecule has 0 aliphatic carbocycles. The maximum Gasteiger partial charge on any atom is 0.301 e. The highest BCUT2D eigenvalue weighted by atomic mass is 79.9. The number of carbonyl (C=O) groups excluding carboxylic acids is 2. The van der Waals surface area contributed by atoms with Gasteiger partial charge in [0.2, 0.25) is 5.13 Å². The molecule has 1 amide bonds. The number of amides is 1. The number of ketones is 1. The summed E-state index contributed by atoms with van der Waals surface area (Å²) in [5.41, 5.74) is 3.54. The first kappa shape index (κ1) is 29.9. The summed E-state index contributed by atoms with van der Waals surface area (Å²) in [4.78, 5) is 28.6. The van der Waals surface area contributed by atoms with Crippen LogP contribution in [0.1, 0.15) is 33.9 Å². The number of benzene rings is 4. The highest BCUT2D eigenvalue weighted by Gasteiger charge is 2.49.